The van der Waals surface area contributed by atoms with Gasteiger partial charge in [0, 0.05) is 12.1 Å². The first-order valence-electron chi connectivity index (χ1n) is 4.95. The summed E-state index contributed by atoms with van der Waals surface area (Å²) in [6.45, 7) is 1.74. The van der Waals surface area contributed by atoms with Crippen molar-refractivity contribution in [3.8, 4) is 5.75 Å². The molecule has 1 rings (SSSR count). The standard InChI is InChI=1S/C11H13Cl2NO3/c1-6(15)5-14-11(16)7-3-8(12)10(17-2)9(13)4-7/h3-4,6,15H,5H2,1-2H3,(H,14,16)/t6-/m1/s1. The van der Waals surface area contributed by atoms with E-state index in [0.29, 0.717) is 11.3 Å². The molecule has 0 aliphatic rings. The SMILES string of the molecule is COc1c(Cl)cc(C(=O)NC[C@@H](C)O)cc1Cl. The van der Waals surface area contributed by atoms with Crippen LogP contribution in [0.5, 0.6) is 5.75 Å². The number of aliphatic hydroxyl groups is 1. The number of carbonyl (C=O) groups excluding carboxylic acids is 1. The van der Waals surface area contributed by atoms with Crippen LogP contribution in [0.3, 0.4) is 0 Å². The van der Waals surface area contributed by atoms with Crippen molar-refractivity contribution >= 4 is 29.1 Å². The Morgan fingerprint density at radius 2 is 2.00 bits per heavy atom. The van der Waals surface area contributed by atoms with Gasteiger partial charge in [-0.2, -0.15) is 0 Å². The molecule has 0 bridgehead atoms. The van der Waals surface area contributed by atoms with Crippen molar-refractivity contribution in [3.63, 3.8) is 0 Å². The van der Waals surface area contributed by atoms with Crippen molar-refractivity contribution in [1.29, 1.82) is 0 Å². The molecule has 94 valence electrons. The third-order valence-corrected chi connectivity index (χ3v) is 2.58. The first-order chi connectivity index (χ1) is 7.95. The maximum absolute atomic E-state index is 11.7. The second-order valence-electron chi connectivity index (χ2n) is 3.53. The highest BCUT2D eigenvalue weighted by molar-refractivity contribution is 6.37. The van der Waals surface area contributed by atoms with Gasteiger partial charge < -0.3 is 15.2 Å². The molecule has 0 spiro atoms. The monoisotopic (exact) mass is 277 g/mol. The van der Waals surface area contributed by atoms with Crippen molar-refractivity contribution in [1.82, 2.24) is 5.32 Å². The Morgan fingerprint density at radius 1 is 1.47 bits per heavy atom. The molecule has 0 fully saturated rings. The maximum Gasteiger partial charge on any atom is 0.251 e. The lowest BCUT2D eigenvalue weighted by Gasteiger charge is -2.10. The molecule has 1 aromatic rings. The number of benzene rings is 1. The number of halogens is 2. The topological polar surface area (TPSA) is 58.6 Å². The normalized spacial score (nSPS) is 12.1. The van der Waals surface area contributed by atoms with Crippen molar-refractivity contribution in [2.45, 2.75) is 13.0 Å². The van der Waals surface area contributed by atoms with Crippen molar-refractivity contribution in [3.05, 3.63) is 27.7 Å². The number of hydrogen-bond donors (Lipinski definition) is 2. The molecule has 4 nitrogen and oxygen atoms in total. The summed E-state index contributed by atoms with van der Waals surface area (Å²) in [4.78, 5) is 11.7. The summed E-state index contributed by atoms with van der Waals surface area (Å²) in [5.41, 5.74) is 0.321. The second-order valence-corrected chi connectivity index (χ2v) is 4.35. The number of rotatable bonds is 4. The number of amides is 1. The lowest BCUT2D eigenvalue weighted by molar-refractivity contribution is 0.0924. The van der Waals surface area contributed by atoms with Crippen LogP contribution >= 0.6 is 23.2 Å². The van der Waals surface area contributed by atoms with Crippen LogP contribution in [0.4, 0.5) is 0 Å². The van der Waals surface area contributed by atoms with E-state index in [9.17, 15) is 4.79 Å². The molecule has 0 saturated carbocycles. The van der Waals surface area contributed by atoms with E-state index in [0.717, 1.165) is 0 Å². The van der Waals surface area contributed by atoms with Crippen LogP contribution in [0.15, 0.2) is 12.1 Å². The van der Waals surface area contributed by atoms with Crippen molar-refractivity contribution < 1.29 is 14.6 Å². The minimum atomic E-state index is -0.608. The summed E-state index contributed by atoms with van der Waals surface area (Å²) in [5.74, 6) is -0.0160. The highest BCUT2D eigenvalue weighted by Gasteiger charge is 2.13. The largest absolute Gasteiger partial charge is 0.494 e. The third-order valence-electron chi connectivity index (χ3n) is 2.02. The van der Waals surface area contributed by atoms with E-state index >= 15 is 0 Å². The summed E-state index contributed by atoms with van der Waals surface area (Å²) in [5, 5.41) is 12.1. The van der Waals surface area contributed by atoms with Gasteiger partial charge in [-0.25, -0.2) is 0 Å². The molecule has 0 radical (unpaired) electrons. The fourth-order valence-electron chi connectivity index (χ4n) is 1.23. The third kappa shape index (κ3) is 3.77. The molecule has 1 amide bonds. The van der Waals surface area contributed by atoms with Crippen LogP contribution in [0, 0.1) is 0 Å². The number of methoxy groups -OCH3 is 1. The zero-order chi connectivity index (χ0) is 13.0. The van der Waals surface area contributed by atoms with Crippen molar-refractivity contribution in [2.75, 3.05) is 13.7 Å². The Bertz CT molecular complexity index is 398. The molecule has 17 heavy (non-hydrogen) atoms. The number of hydrogen-bond acceptors (Lipinski definition) is 3. The molecule has 2 N–H and O–H groups in total. The number of carbonyl (C=O) groups is 1. The van der Waals surface area contributed by atoms with Gasteiger partial charge in [-0.05, 0) is 19.1 Å². The van der Waals surface area contributed by atoms with E-state index in [-0.39, 0.29) is 22.5 Å². The van der Waals surface area contributed by atoms with Gasteiger partial charge in [0.2, 0.25) is 0 Å². The Hall–Kier alpha value is -0.970. The van der Waals surface area contributed by atoms with E-state index in [1.165, 1.54) is 19.2 Å². The summed E-state index contributed by atoms with van der Waals surface area (Å²) in [7, 11) is 1.44. The Morgan fingerprint density at radius 3 is 2.41 bits per heavy atom. The summed E-state index contributed by atoms with van der Waals surface area (Å²) < 4.78 is 4.97. The first kappa shape index (κ1) is 14.1. The summed E-state index contributed by atoms with van der Waals surface area (Å²) in [6.07, 6.45) is -0.608. The predicted octanol–water partition coefficient (Wildman–Crippen LogP) is 2.11. The fourth-order valence-corrected chi connectivity index (χ4v) is 1.87. The molecule has 1 atom stereocenters. The number of ether oxygens (including phenoxy) is 1. The van der Waals surface area contributed by atoms with Gasteiger partial charge in [0.15, 0.2) is 5.75 Å². The molecular formula is C11H13Cl2NO3. The molecule has 0 aromatic heterocycles. The lowest BCUT2D eigenvalue weighted by atomic mass is 10.2. The van der Waals surface area contributed by atoms with Gasteiger partial charge in [0.25, 0.3) is 5.91 Å². The Labute approximate surface area is 109 Å². The van der Waals surface area contributed by atoms with Crippen LogP contribution in [0.1, 0.15) is 17.3 Å². The molecule has 0 saturated heterocycles. The van der Waals surface area contributed by atoms with Crippen LogP contribution in [-0.2, 0) is 0 Å². The van der Waals surface area contributed by atoms with E-state index in [1.807, 2.05) is 0 Å². The van der Waals surface area contributed by atoms with Gasteiger partial charge in [-0.1, -0.05) is 23.2 Å². The van der Waals surface area contributed by atoms with Gasteiger partial charge in [-0.3, -0.25) is 4.79 Å². The highest BCUT2D eigenvalue weighted by atomic mass is 35.5. The minimum Gasteiger partial charge on any atom is -0.494 e. The van der Waals surface area contributed by atoms with E-state index in [1.54, 1.807) is 6.92 Å². The van der Waals surface area contributed by atoms with Crippen LogP contribution in [0.2, 0.25) is 10.0 Å². The van der Waals surface area contributed by atoms with Crippen LogP contribution in [0.25, 0.3) is 0 Å². The molecule has 0 aliphatic carbocycles. The van der Waals surface area contributed by atoms with Crippen LogP contribution in [-0.4, -0.2) is 30.8 Å². The Balaban J connectivity index is 2.89. The average molecular weight is 278 g/mol. The van der Waals surface area contributed by atoms with Gasteiger partial charge in [0.05, 0.1) is 23.3 Å². The molecule has 6 heteroatoms. The lowest BCUT2D eigenvalue weighted by Crippen LogP contribution is -2.30. The van der Waals surface area contributed by atoms with E-state index in [2.05, 4.69) is 5.32 Å². The predicted molar refractivity (Wildman–Crippen MR) is 67.0 cm³/mol. The van der Waals surface area contributed by atoms with E-state index < -0.39 is 6.10 Å². The number of nitrogens with one attached hydrogen (secondary N) is 1. The van der Waals surface area contributed by atoms with E-state index in [4.69, 9.17) is 33.0 Å². The zero-order valence-corrected chi connectivity index (χ0v) is 11.0. The molecule has 0 heterocycles. The highest BCUT2D eigenvalue weighted by Crippen LogP contribution is 2.33. The zero-order valence-electron chi connectivity index (χ0n) is 9.46. The second kappa shape index (κ2) is 6.10. The summed E-state index contributed by atoms with van der Waals surface area (Å²) in [6, 6.07) is 2.92. The summed E-state index contributed by atoms with van der Waals surface area (Å²) >= 11 is 11.8. The molecular weight excluding hydrogens is 265 g/mol. The molecule has 0 aliphatic heterocycles. The van der Waals surface area contributed by atoms with Gasteiger partial charge in [-0.15, -0.1) is 0 Å². The smallest absolute Gasteiger partial charge is 0.251 e. The minimum absolute atomic E-state index is 0.167. The Kier molecular flexibility index (Phi) is 5.05. The van der Waals surface area contributed by atoms with Gasteiger partial charge in [0.1, 0.15) is 0 Å². The van der Waals surface area contributed by atoms with Crippen LogP contribution < -0.4 is 10.1 Å². The molecule has 0 unspecified atom stereocenters. The average Bonchev–Trinajstić information content (AvgIpc) is 2.25. The quantitative estimate of drug-likeness (QED) is 0.886. The maximum atomic E-state index is 11.7. The fraction of sp³-hybridized carbons (Fsp3) is 0.364. The van der Waals surface area contributed by atoms with Crippen molar-refractivity contribution in [2.24, 2.45) is 0 Å². The van der Waals surface area contributed by atoms with Gasteiger partial charge >= 0.3 is 0 Å². The number of aliphatic hydroxyl groups excluding tert-OH is 1. The molecule has 1 aromatic carbocycles. The first-order valence-corrected chi connectivity index (χ1v) is 5.70.